The zero-order chi connectivity index (χ0) is 9.68. The second-order valence-electron chi connectivity index (χ2n) is 3.40. The minimum absolute atomic E-state index is 0.175. The van der Waals surface area contributed by atoms with Crippen LogP contribution in [0.15, 0.2) is 12.2 Å². The summed E-state index contributed by atoms with van der Waals surface area (Å²) in [6.45, 7) is 6.85. The zero-order valence-electron chi connectivity index (χ0n) is 7.44. The number of hydrogen-bond donors (Lipinski definition) is 1. The second-order valence-corrected chi connectivity index (χ2v) is 3.40. The average Bonchev–Trinajstić information content (AvgIpc) is 2.15. The number of carbonyl (C=O) groups is 1. The van der Waals surface area contributed by atoms with Gasteiger partial charge in [0.2, 0.25) is 6.04 Å². The number of carboxylic acid groups (broad SMARTS) is 1. The molecule has 70 valence electrons. The first-order chi connectivity index (χ1) is 6.22. The van der Waals surface area contributed by atoms with E-state index < -0.39 is 5.97 Å². The maximum atomic E-state index is 10.2. The second kappa shape index (κ2) is 4.66. The summed E-state index contributed by atoms with van der Waals surface area (Å²) >= 11 is 0. The summed E-state index contributed by atoms with van der Waals surface area (Å²) in [5, 5.41) is 8.41. The van der Waals surface area contributed by atoms with Crippen LogP contribution in [0.25, 0.3) is 4.85 Å². The molecule has 1 aliphatic carbocycles. The normalized spacial score (nSPS) is 28.5. The fourth-order valence-electron chi connectivity index (χ4n) is 1.64. The SMILES string of the molecule is [C-]#[N+]C1CCC(/C=C/C(=O)O)CC1. The lowest BCUT2D eigenvalue weighted by Gasteiger charge is -2.18. The van der Waals surface area contributed by atoms with Crippen molar-refractivity contribution < 1.29 is 9.90 Å². The topological polar surface area (TPSA) is 41.7 Å². The molecule has 3 nitrogen and oxygen atoms in total. The van der Waals surface area contributed by atoms with E-state index in [0.717, 1.165) is 25.7 Å². The van der Waals surface area contributed by atoms with E-state index in [9.17, 15) is 4.79 Å². The summed E-state index contributed by atoms with van der Waals surface area (Å²) in [7, 11) is 0. The number of nitrogens with zero attached hydrogens (tertiary/aromatic N) is 1. The Kier molecular flexibility index (Phi) is 3.51. The first-order valence-electron chi connectivity index (χ1n) is 4.50. The fourth-order valence-corrected chi connectivity index (χ4v) is 1.64. The predicted molar refractivity (Wildman–Crippen MR) is 49.1 cm³/mol. The monoisotopic (exact) mass is 179 g/mol. The van der Waals surface area contributed by atoms with Crippen LogP contribution in [0, 0.1) is 12.5 Å². The van der Waals surface area contributed by atoms with E-state index in [4.69, 9.17) is 11.7 Å². The molecule has 0 atom stereocenters. The van der Waals surface area contributed by atoms with E-state index in [2.05, 4.69) is 4.85 Å². The predicted octanol–water partition coefficient (Wildman–Crippen LogP) is 2.11. The smallest absolute Gasteiger partial charge is 0.327 e. The molecule has 1 N–H and O–H groups in total. The molecule has 13 heavy (non-hydrogen) atoms. The molecule has 0 aliphatic heterocycles. The van der Waals surface area contributed by atoms with Crippen molar-refractivity contribution in [2.75, 3.05) is 0 Å². The van der Waals surface area contributed by atoms with Gasteiger partial charge >= 0.3 is 5.97 Å². The standard InChI is InChI=1S/C10H13NO2/c1-11-9-5-2-8(3-6-9)4-7-10(12)13/h4,7-9H,2-3,5-6H2,(H,12,13)/b7-4+. The van der Waals surface area contributed by atoms with Crippen LogP contribution in [0.5, 0.6) is 0 Å². The number of aliphatic carboxylic acids is 1. The summed E-state index contributed by atoms with van der Waals surface area (Å²) in [5.74, 6) is -0.513. The molecule has 1 saturated carbocycles. The van der Waals surface area contributed by atoms with Crippen molar-refractivity contribution in [2.45, 2.75) is 31.7 Å². The highest BCUT2D eigenvalue weighted by atomic mass is 16.4. The molecular weight excluding hydrogens is 166 g/mol. The van der Waals surface area contributed by atoms with E-state index in [1.54, 1.807) is 6.08 Å². The lowest BCUT2D eigenvalue weighted by molar-refractivity contribution is -0.131. The van der Waals surface area contributed by atoms with Gasteiger partial charge in [0, 0.05) is 18.9 Å². The molecule has 0 heterocycles. The highest BCUT2D eigenvalue weighted by Gasteiger charge is 2.22. The molecule has 0 saturated heterocycles. The lowest BCUT2D eigenvalue weighted by Crippen LogP contribution is -2.14. The Labute approximate surface area is 77.9 Å². The minimum atomic E-state index is -0.882. The molecule has 0 aromatic rings. The van der Waals surface area contributed by atoms with Crippen LogP contribution in [-0.4, -0.2) is 17.1 Å². The van der Waals surface area contributed by atoms with Crippen LogP contribution in [0.1, 0.15) is 25.7 Å². The Hall–Kier alpha value is -1.30. The van der Waals surface area contributed by atoms with Crippen molar-refractivity contribution in [1.82, 2.24) is 0 Å². The third kappa shape index (κ3) is 3.29. The Morgan fingerprint density at radius 3 is 2.46 bits per heavy atom. The Balaban J connectivity index is 2.34. The molecule has 0 aromatic heterocycles. The molecule has 0 bridgehead atoms. The van der Waals surface area contributed by atoms with Gasteiger partial charge < -0.3 is 9.95 Å². The van der Waals surface area contributed by atoms with Crippen molar-refractivity contribution >= 4 is 5.97 Å². The van der Waals surface area contributed by atoms with Crippen molar-refractivity contribution in [3.63, 3.8) is 0 Å². The van der Waals surface area contributed by atoms with Crippen molar-refractivity contribution in [1.29, 1.82) is 0 Å². The molecule has 0 radical (unpaired) electrons. The summed E-state index contributed by atoms with van der Waals surface area (Å²) in [5.41, 5.74) is 0. The molecule has 3 heteroatoms. The summed E-state index contributed by atoms with van der Waals surface area (Å²) in [4.78, 5) is 13.7. The molecule has 1 aliphatic rings. The maximum absolute atomic E-state index is 10.2. The van der Waals surface area contributed by atoms with Gasteiger partial charge in [0.25, 0.3) is 0 Å². The van der Waals surface area contributed by atoms with Gasteiger partial charge in [-0.05, 0) is 18.8 Å². The number of carboxylic acids is 1. The third-order valence-electron chi connectivity index (χ3n) is 2.43. The first-order valence-corrected chi connectivity index (χ1v) is 4.50. The van der Waals surface area contributed by atoms with Crippen molar-refractivity contribution in [3.05, 3.63) is 23.6 Å². The molecule has 0 spiro atoms. The maximum Gasteiger partial charge on any atom is 0.327 e. The van der Waals surface area contributed by atoms with Gasteiger partial charge in [-0.1, -0.05) is 6.08 Å². The van der Waals surface area contributed by atoms with Gasteiger partial charge in [-0.3, -0.25) is 0 Å². The third-order valence-corrected chi connectivity index (χ3v) is 2.43. The van der Waals surface area contributed by atoms with Gasteiger partial charge in [-0.2, -0.15) is 0 Å². The highest BCUT2D eigenvalue weighted by Crippen LogP contribution is 2.26. The fraction of sp³-hybridized carbons (Fsp3) is 0.600. The number of hydrogen-bond acceptors (Lipinski definition) is 1. The van der Waals surface area contributed by atoms with E-state index in [1.807, 2.05) is 0 Å². The van der Waals surface area contributed by atoms with E-state index >= 15 is 0 Å². The van der Waals surface area contributed by atoms with Gasteiger partial charge in [0.15, 0.2) is 0 Å². The molecular formula is C10H13NO2. The van der Waals surface area contributed by atoms with E-state index in [1.165, 1.54) is 6.08 Å². The molecule has 1 rings (SSSR count). The quantitative estimate of drug-likeness (QED) is 0.521. The Morgan fingerprint density at radius 2 is 2.00 bits per heavy atom. The van der Waals surface area contributed by atoms with Crippen LogP contribution >= 0.6 is 0 Å². The lowest BCUT2D eigenvalue weighted by atomic mass is 9.86. The van der Waals surface area contributed by atoms with Crippen molar-refractivity contribution in [2.24, 2.45) is 5.92 Å². The average molecular weight is 179 g/mol. The van der Waals surface area contributed by atoms with Crippen LogP contribution in [-0.2, 0) is 4.79 Å². The summed E-state index contributed by atoms with van der Waals surface area (Å²) < 4.78 is 0. The Morgan fingerprint density at radius 1 is 1.38 bits per heavy atom. The molecule has 0 amide bonds. The van der Waals surface area contributed by atoms with Crippen LogP contribution in [0.4, 0.5) is 0 Å². The largest absolute Gasteiger partial charge is 0.478 e. The molecule has 1 fully saturated rings. The minimum Gasteiger partial charge on any atom is -0.478 e. The Bertz CT molecular complexity index is 244. The number of allylic oxidation sites excluding steroid dienone is 1. The highest BCUT2D eigenvalue weighted by molar-refractivity contribution is 5.79. The van der Waals surface area contributed by atoms with Crippen LogP contribution < -0.4 is 0 Å². The number of rotatable bonds is 2. The van der Waals surface area contributed by atoms with Gasteiger partial charge in [-0.15, -0.1) is 0 Å². The molecule has 0 unspecified atom stereocenters. The van der Waals surface area contributed by atoms with Gasteiger partial charge in [0.05, 0.1) is 0 Å². The van der Waals surface area contributed by atoms with Gasteiger partial charge in [-0.25, -0.2) is 11.4 Å². The van der Waals surface area contributed by atoms with E-state index in [0.29, 0.717) is 5.92 Å². The molecule has 0 aromatic carbocycles. The zero-order valence-corrected chi connectivity index (χ0v) is 7.44. The van der Waals surface area contributed by atoms with E-state index in [-0.39, 0.29) is 6.04 Å². The summed E-state index contributed by atoms with van der Waals surface area (Å²) in [6.07, 6.45) is 6.70. The van der Waals surface area contributed by atoms with Gasteiger partial charge in [0.1, 0.15) is 0 Å². The van der Waals surface area contributed by atoms with Crippen LogP contribution in [0.3, 0.4) is 0 Å². The first kappa shape index (κ1) is 9.79. The van der Waals surface area contributed by atoms with Crippen LogP contribution in [0.2, 0.25) is 0 Å². The van der Waals surface area contributed by atoms with Crippen molar-refractivity contribution in [3.8, 4) is 0 Å². The summed E-state index contributed by atoms with van der Waals surface area (Å²) in [6, 6.07) is 0.175.